The van der Waals surface area contributed by atoms with Gasteiger partial charge in [0.15, 0.2) is 0 Å². The number of piperazine rings is 1. The summed E-state index contributed by atoms with van der Waals surface area (Å²) in [5.74, 6) is -0.418. The zero-order valence-electron chi connectivity index (χ0n) is 13.8. The highest BCUT2D eigenvalue weighted by Crippen LogP contribution is 2.29. The molecule has 2 atom stereocenters. The molecule has 5 nitrogen and oxygen atoms in total. The summed E-state index contributed by atoms with van der Waals surface area (Å²) < 4.78 is 6.20. The summed E-state index contributed by atoms with van der Waals surface area (Å²) in [6.07, 6.45) is 4.63. The Balaban J connectivity index is 1.73. The van der Waals surface area contributed by atoms with Crippen molar-refractivity contribution in [3.8, 4) is 5.75 Å². The van der Waals surface area contributed by atoms with Gasteiger partial charge in [-0.25, -0.2) is 4.79 Å². The van der Waals surface area contributed by atoms with E-state index in [2.05, 4.69) is 16.8 Å². The second-order valence-corrected chi connectivity index (χ2v) is 6.65. The molecule has 126 valence electrons. The highest BCUT2D eigenvalue weighted by molar-refractivity contribution is 5.90. The van der Waals surface area contributed by atoms with Crippen molar-refractivity contribution in [2.45, 2.75) is 37.8 Å². The smallest absolute Gasteiger partial charge is 0.339 e. The first-order valence-corrected chi connectivity index (χ1v) is 8.57. The van der Waals surface area contributed by atoms with Crippen molar-refractivity contribution in [3.63, 3.8) is 0 Å². The lowest BCUT2D eigenvalue weighted by atomic mass is 9.90. The molecule has 1 aliphatic carbocycles. The number of carboxylic acids is 1. The second kappa shape index (κ2) is 7.32. The number of ether oxygens (including phenoxy) is 1. The summed E-state index contributed by atoms with van der Waals surface area (Å²) in [5.41, 5.74) is 0.259. The molecule has 2 fully saturated rings. The highest BCUT2D eigenvalue weighted by atomic mass is 16.5. The topological polar surface area (TPSA) is 53.0 Å². The zero-order valence-corrected chi connectivity index (χ0v) is 13.8. The first-order chi connectivity index (χ1) is 11.1. The maximum atomic E-state index is 11.4. The molecule has 1 N–H and O–H groups in total. The molecule has 0 spiro atoms. The minimum Gasteiger partial charge on any atom is -0.488 e. The number of likely N-dealkylation sites (N-methyl/N-ethyl adjacent to an activating group) is 1. The van der Waals surface area contributed by atoms with Gasteiger partial charge in [0.25, 0.3) is 0 Å². The third-order valence-electron chi connectivity index (χ3n) is 5.07. The number of hydrogen-bond donors (Lipinski definition) is 1. The van der Waals surface area contributed by atoms with Crippen LogP contribution in [0.25, 0.3) is 0 Å². The van der Waals surface area contributed by atoms with Gasteiger partial charge in [0.1, 0.15) is 17.4 Å². The van der Waals surface area contributed by atoms with Gasteiger partial charge in [-0.3, -0.25) is 4.90 Å². The number of aromatic carboxylic acids is 1. The fourth-order valence-corrected chi connectivity index (χ4v) is 3.70. The zero-order chi connectivity index (χ0) is 16.2. The quantitative estimate of drug-likeness (QED) is 0.923. The average molecular weight is 318 g/mol. The fraction of sp³-hybridized carbons (Fsp3) is 0.611. The average Bonchev–Trinajstić information content (AvgIpc) is 2.56. The standard InChI is InChI=1S/C18H26N2O3/c1-19-10-12-20(13-11-19)15-7-3-5-9-17(15)23-16-8-4-2-6-14(16)18(21)22/h2,4,6,8,15,17H,3,5,7,9-13H2,1H3,(H,21,22). The van der Waals surface area contributed by atoms with E-state index in [0.29, 0.717) is 11.8 Å². The van der Waals surface area contributed by atoms with Crippen molar-refractivity contribution < 1.29 is 14.6 Å². The lowest BCUT2D eigenvalue weighted by molar-refractivity contribution is 0.0123. The van der Waals surface area contributed by atoms with E-state index < -0.39 is 5.97 Å². The maximum absolute atomic E-state index is 11.4. The maximum Gasteiger partial charge on any atom is 0.339 e. The van der Waals surface area contributed by atoms with Crippen LogP contribution in [0.1, 0.15) is 36.0 Å². The van der Waals surface area contributed by atoms with E-state index in [4.69, 9.17) is 4.74 Å². The molecule has 1 saturated heterocycles. The Morgan fingerprint density at radius 2 is 1.83 bits per heavy atom. The predicted molar refractivity (Wildman–Crippen MR) is 89.1 cm³/mol. The van der Waals surface area contributed by atoms with E-state index in [1.54, 1.807) is 18.2 Å². The minimum absolute atomic E-state index is 0.0904. The molecule has 0 radical (unpaired) electrons. The lowest BCUT2D eigenvalue weighted by Gasteiger charge is -2.43. The van der Waals surface area contributed by atoms with E-state index in [1.807, 2.05) is 6.07 Å². The van der Waals surface area contributed by atoms with Gasteiger partial charge >= 0.3 is 5.97 Å². The van der Waals surface area contributed by atoms with Gasteiger partial charge in [-0.1, -0.05) is 18.6 Å². The summed E-state index contributed by atoms with van der Waals surface area (Å²) in [5, 5.41) is 9.34. The molecule has 1 saturated carbocycles. The first-order valence-electron chi connectivity index (χ1n) is 8.57. The molecule has 0 aromatic heterocycles. The van der Waals surface area contributed by atoms with Crippen LogP contribution < -0.4 is 4.74 Å². The van der Waals surface area contributed by atoms with Crippen LogP contribution in [-0.2, 0) is 0 Å². The molecular weight excluding hydrogens is 292 g/mol. The second-order valence-electron chi connectivity index (χ2n) is 6.65. The number of nitrogens with zero attached hydrogens (tertiary/aromatic N) is 2. The van der Waals surface area contributed by atoms with E-state index in [9.17, 15) is 9.90 Å². The molecular formula is C18H26N2O3. The van der Waals surface area contributed by atoms with Crippen molar-refractivity contribution >= 4 is 5.97 Å². The van der Waals surface area contributed by atoms with Gasteiger partial charge in [-0.05, 0) is 38.4 Å². The number of carbonyl (C=O) groups is 1. The van der Waals surface area contributed by atoms with Crippen molar-refractivity contribution in [3.05, 3.63) is 29.8 Å². The van der Waals surface area contributed by atoms with Gasteiger partial charge in [-0.2, -0.15) is 0 Å². The summed E-state index contributed by atoms with van der Waals surface area (Å²) in [6.45, 7) is 4.33. The van der Waals surface area contributed by atoms with Gasteiger partial charge < -0.3 is 14.7 Å². The van der Waals surface area contributed by atoms with Gasteiger partial charge in [0.05, 0.1) is 0 Å². The van der Waals surface area contributed by atoms with Crippen molar-refractivity contribution in [1.82, 2.24) is 9.80 Å². The Morgan fingerprint density at radius 1 is 1.13 bits per heavy atom. The number of hydrogen-bond acceptors (Lipinski definition) is 4. The van der Waals surface area contributed by atoms with Crippen LogP contribution >= 0.6 is 0 Å². The van der Waals surface area contributed by atoms with E-state index >= 15 is 0 Å². The van der Waals surface area contributed by atoms with Crippen LogP contribution in [0, 0.1) is 0 Å². The van der Waals surface area contributed by atoms with Gasteiger partial charge in [0.2, 0.25) is 0 Å². The summed E-state index contributed by atoms with van der Waals surface area (Å²) in [4.78, 5) is 16.3. The van der Waals surface area contributed by atoms with Crippen LogP contribution in [0.5, 0.6) is 5.75 Å². The normalized spacial score (nSPS) is 26.8. The molecule has 1 aromatic carbocycles. The summed E-state index contributed by atoms with van der Waals surface area (Å²) in [7, 11) is 2.16. The van der Waals surface area contributed by atoms with E-state index in [0.717, 1.165) is 45.4 Å². The van der Waals surface area contributed by atoms with Crippen molar-refractivity contribution in [2.75, 3.05) is 33.2 Å². The van der Waals surface area contributed by atoms with Crippen LogP contribution in [0.2, 0.25) is 0 Å². The monoisotopic (exact) mass is 318 g/mol. The number of rotatable bonds is 4. The lowest BCUT2D eigenvalue weighted by Crippen LogP contribution is -2.54. The van der Waals surface area contributed by atoms with Crippen molar-refractivity contribution in [2.24, 2.45) is 0 Å². The Labute approximate surface area is 137 Å². The molecule has 2 aliphatic rings. The highest BCUT2D eigenvalue weighted by Gasteiger charge is 2.33. The molecule has 0 bridgehead atoms. The Morgan fingerprint density at radius 3 is 2.57 bits per heavy atom. The number of benzene rings is 1. The van der Waals surface area contributed by atoms with E-state index in [-0.39, 0.29) is 11.7 Å². The molecule has 1 heterocycles. The molecule has 2 unspecified atom stereocenters. The van der Waals surface area contributed by atoms with Crippen LogP contribution in [0.15, 0.2) is 24.3 Å². The third kappa shape index (κ3) is 3.85. The van der Waals surface area contributed by atoms with Gasteiger partial charge in [0, 0.05) is 32.2 Å². The van der Waals surface area contributed by atoms with E-state index in [1.165, 1.54) is 6.42 Å². The molecule has 5 heteroatoms. The number of carboxylic acid groups (broad SMARTS) is 1. The van der Waals surface area contributed by atoms with Gasteiger partial charge in [-0.15, -0.1) is 0 Å². The Hall–Kier alpha value is -1.59. The molecule has 0 amide bonds. The van der Waals surface area contributed by atoms with Crippen molar-refractivity contribution in [1.29, 1.82) is 0 Å². The number of para-hydroxylation sites is 1. The summed E-state index contributed by atoms with van der Waals surface area (Å²) >= 11 is 0. The third-order valence-corrected chi connectivity index (χ3v) is 5.07. The SMILES string of the molecule is CN1CCN(C2CCCCC2Oc2ccccc2C(=O)O)CC1. The van der Waals surface area contributed by atoms with Crippen LogP contribution in [0.3, 0.4) is 0 Å². The first kappa shape index (κ1) is 16.3. The molecule has 23 heavy (non-hydrogen) atoms. The van der Waals surface area contributed by atoms with Crippen LogP contribution in [0.4, 0.5) is 0 Å². The summed E-state index contributed by atoms with van der Waals surface area (Å²) in [6, 6.07) is 7.38. The van der Waals surface area contributed by atoms with Crippen LogP contribution in [-0.4, -0.2) is 66.2 Å². The molecule has 3 rings (SSSR count). The largest absolute Gasteiger partial charge is 0.488 e. The molecule has 1 aliphatic heterocycles. The predicted octanol–water partition coefficient (Wildman–Crippen LogP) is 2.32. The fourth-order valence-electron chi connectivity index (χ4n) is 3.70. The molecule has 1 aromatic rings. The minimum atomic E-state index is -0.924. The Kier molecular flexibility index (Phi) is 5.18. The Bertz CT molecular complexity index is 541.